The first-order chi connectivity index (χ1) is 8.30. The number of fused-ring (bicyclic) bond motifs is 1. The van der Waals surface area contributed by atoms with Crippen LogP contribution in [0.15, 0.2) is 12.1 Å². The summed E-state index contributed by atoms with van der Waals surface area (Å²) in [5, 5.41) is 12.5. The van der Waals surface area contributed by atoms with Crippen LogP contribution in [0.3, 0.4) is 0 Å². The van der Waals surface area contributed by atoms with Crippen LogP contribution in [-0.4, -0.2) is 32.5 Å². The van der Waals surface area contributed by atoms with Crippen molar-refractivity contribution in [2.75, 3.05) is 32.7 Å². The fourth-order valence-electron chi connectivity index (χ4n) is 2.38. The molecule has 1 unspecified atom stereocenters. The van der Waals surface area contributed by atoms with Gasteiger partial charge in [0.25, 0.3) is 0 Å². The molecule has 0 radical (unpaired) electrons. The number of aliphatic hydroxyl groups excluding tert-OH is 1. The molecule has 1 atom stereocenters. The zero-order valence-electron chi connectivity index (χ0n) is 10.3. The highest BCUT2D eigenvalue weighted by molar-refractivity contribution is 5.63. The minimum Gasteiger partial charge on any atom is -0.493 e. The van der Waals surface area contributed by atoms with Crippen LogP contribution in [0.4, 0.5) is 5.69 Å². The van der Waals surface area contributed by atoms with E-state index in [0.717, 1.165) is 36.6 Å². The van der Waals surface area contributed by atoms with Gasteiger partial charge in [0.05, 0.1) is 14.2 Å². The number of anilines is 1. The van der Waals surface area contributed by atoms with Crippen LogP contribution < -0.4 is 14.8 Å². The van der Waals surface area contributed by atoms with Gasteiger partial charge in [-0.15, -0.1) is 0 Å². The third-order valence-corrected chi connectivity index (χ3v) is 3.28. The highest BCUT2D eigenvalue weighted by Crippen LogP contribution is 2.40. The largest absolute Gasteiger partial charge is 0.493 e. The summed E-state index contributed by atoms with van der Waals surface area (Å²) in [6.07, 6.45) is 1.84. The minimum absolute atomic E-state index is 0.221. The molecule has 0 amide bonds. The average Bonchev–Trinajstić information content (AvgIpc) is 2.38. The topological polar surface area (TPSA) is 50.7 Å². The zero-order chi connectivity index (χ0) is 12.3. The van der Waals surface area contributed by atoms with Crippen molar-refractivity contribution in [3.05, 3.63) is 17.7 Å². The van der Waals surface area contributed by atoms with Crippen LogP contribution in [0.5, 0.6) is 11.5 Å². The van der Waals surface area contributed by atoms with Crippen LogP contribution in [0, 0.1) is 0 Å². The molecule has 1 aliphatic rings. The Morgan fingerprint density at radius 2 is 2.00 bits per heavy atom. The van der Waals surface area contributed by atoms with Crippen LogP contribution in [0.25, 0.3) is 0 Å². The lowest BCUT2D eigenvalue weighted by molar-refractivity contribution is 0.272. The van der Waals surface area contributed by atoms with Crippen molar-refractivity contribution in [2.45, 2.75) is 18.8 Å². The first kappa shape index (κ1) is 12.0. The molecule has 0 fully saturated rings. The van der Waals surface area contributed by atoms with E-state index < -0.39 is 0 Å². The van der Waals surface area contributed by atoms with E-state index in [0.29, 0.717) is 5.92 Å². The lowest BCUT2D eigenvalue weighted by Gasteiger charge is -2.27. The van der Waals surface area contributed by atoms with Crippen LogP contribution >= 0.6 is 0 Å². The van der Waals surface area contributed by atoms with Gasteiger partial charge in [-0.05, 0) is 30.4 Å². The molecule has 17 heavy (non-hydrogen) atoms. The predicted octanol–water partition coefficient (Wildman–Crippen LogP) is 1.99. The van der Waals surface area contributed by atoms with Gasteiger partial charge in [0.1, 0.15) is 0 Å². The quantitative estimate of drug-likeness (QED) is 0.840. The molecule has 1 heterocycles. The first-order valence-corrected chi connectivity index (χ1v) is 5.90. The second kappa shape index (κ2) is 5.27. The van der Waals surface area contributed by atoms with Gasteiger partial charge in [-0.25, -0.2) is 0 Å². The molecular formula is C13H19NO3. The summed E-state index contributed by atoms with van der Waals surface area (Å²) in [6, 6.07) is 3.98. The van der Waals surface area contributed by atoms with Crippen molar-refractivity contribution in [2.24, 2.45) is 0 Å². The molecule has 0 aliphatic carbocycles. The average molecular weight is 237 g/mol. The Labute approximate surface area is 102 Å². The second-order valence-electron chi connectivity index (χ2n) is 4.22. The molecule has 0 aromatic heterocycles. The number of ether oxygens (including phenoxy) is 2. The standard InChI is InChI=1S/C13H19NO3/c1-16-12-7-10-9(4-6-15)3-5-14-11(10)8-13(12)17-2/h7-9,14-15H,3-6H2,1-2H3. The molecular weight excluding hydrogens is 218 g/mol. The highest BCUT2D eigenvalue weighted by Gasteiger charge is 2.22. The summed E-state index contributed by atoms with van der Waals surface area (Å²) < 4.78 is 10.6. The number of benzene rings is 1. The molecule has 2 N–H and O–H groups in total. The lowest BCUT2D eigenvalue weighted by atomic mass is 9.88. The summed E-state index contributed by atoms with van der Waals surface area (Å²) >= 11 is 0. The van der Waals surface area contributed by atoms with Gasteiger partial charge in [0.2, 0.25) is 0 Å². The number of rotatable bonds is 4. The maximum atomic E-state index is 9.09. The second-order valence-corrected chi connectivity index (χ2v) is 4.22. The van der Waals surface area contributed by atoms with E-state index in [9.17, 15) is 0 Å². The Morgan fingerprint density at radius 3 is 2.65 bits per heavy atom. The van der Waals surface area contributed by atoms with Crippen molar-refractivity contribution in [1.29, 1.82) is 0 Å². The van der Waals surface area contributed by atoms with E-state index in [1.807, 2.05) is 12.1 Å². The Morgan fingerprint density at radius 1 is 1.29 bits per heavy atom. The van der Waals surface area contributed by atoms with Gasteiger partial charge in [-0.3, -0.25) is 0 Å². The molecule has 94 valence electrons. The first-order valence-electron chi connectivity index (χ1n) is 5.90. The monoisotopic (exact) mass is 237 g/mol. The number of nitrogens with one attached hydrogen (secondary N) is 1. The summed E-state index contributed by atoms with van der Waals surface area (Å²) in [4.78, 5) is 0. The summed E-state index contributed by atoms with van der Waals surface area (Å²) in [5.74, 6) is 1.89. The van der Waals surface area contributed by atoms with E-state index in [1.54, 1.807) is 14.2 Å². The summed E-state index contributed by atoms with van der Waals surface area (Å²) in [6.45, 7) is 1.16. The molecule has 4 nitrogen and oxygen atoms in total. The van der Waals surface area contributed by atoms with Gasteiger partial charge in [0.15, 0.2) is 11.5 Å². The van der Waals surface area contributed by atoms with Crippen molar-refractivity contribution in [3.8, 4) is 11.5 Å². The summed E-state index contributed by atoms with van der Waals surface area (Å²) in [7, 11) is 3.28. The van der Waals surface area contributed by atoms with Crippen molar-refractivity contribution in [3.63, 3.8) is 0 Å². The SMILES string of the molecule is COc1cc2c(cc1OC)C(CCO)CCN2. The number of aliphatic hydroxyl groups is 1. The van der Waals surface area contributed by atoms with E-state index in [-0.39, 0.29) is 6.61 Å². The fourth-order valence-corrected chi connectivity index (χ4v) is 2.38. The number of methoxy groups -OCH3 is 2. The maximum Gasteiger partial charge on any atom is 0.162 e. The van der Waals surface area contributed by atoms with E-state index in [1.165, 1.54) is 5.56 Å². The molecule has 1 aromatic carbocycles. The van der Waals surface area contributed by atoms with E-state index in [4.69, 9.17) is 14.6 Å². The smallest absolute Gasteiger partial charge is 0.162 e. The number of hydrogen-bond acceptors (Lipinski definition) is 4. The van der Waals surface area contributed by atoms with Gasteiger partial charge in [-0.2, -0.15) is 0 Å². The van der Waals surface area contributed by atoms with Crippen LogP contribution in [0.2, 0.25) is 0 Å². The zero-order valence-corrected chi connectivity index (χ0v) is 10.3. The Hall–Kier alpha value is -1.42. The normalized spacial score (nSPS) is 18.2. The molecule has 0 spiro atoms. The van der Waals surface area contributed by atoms with Crippen LogP contribution in [0.1, 0.15) is 24.3 Å². The third kappa shape index (κ3) is 2.31. The molecule has 2 rings (SSSR count). The third-order valence-electron chi connectivity index (χ3n) is 3.28. The van der Waals surface area contributed by atoms with Crippen LogP contribution in [-0.2, 0) is 0 Å². The van der Waals surface area contributed by atoms with Gasteiger partial charge in [0, 0.05) is 24.9 Å². The molecule has 4 heteroatoms. The van der Waals surface area contributed by atoms with Gasteiger partial charge < -0.3 is 19.9 Å². The Balaban J connectivity index is 2.39. The van der Waals surface area contributed by atoms with Crippen molar-refractivity contribution in [1.82, 2.24) is 0 Å². The lowest BCUT2D eigenvalue weighted by Crippen LogP contribution is -2.18. The van der Waals surface area contributed by atoms with Crippen molar-refractivity contribution < 1.29 is 14.6 Å². The molecule has 0 saturated heterocycles. The summed E-state index contributed by atoms with van der Waals surface area (Å²) in [5.41, 5.74) is 2.30. The number of hydrogen-bond donors (Lipinski definition) is 2. The molecule has 1 aromatic rings. The Bertz CT molecular complexity index is 392. The van der Waals surface area contributed by atoms with Gasteiger partial charge in [-0.1, -0.05) is 0 Å². The molecule has 0 bridgehead atoms. The van der Waals surface area contributed by atoms with Crippen molar-refractivity contribution >= 4 is 5.69 Å². The van der Waals surface area contributed by atoms with Gasteiger partial charge >= 0.3 is 0 Å². The molecule has 0 saturated carbocycles. The van der Waals surface area contributed by atoms with E-state index >= 15 is 0 Å². The fraction of sp³-hybridized carbons (Fsp3) is 0.538. The minimum atomic E-state index is 0.221. The van der Waals surface area contributed by atoms with E-state index in [2.05, 4.69) is 5.32 Å². The predicted molar refractivity (Wildman–Crippen MR) is 67.1 cm³/mol. The maximum absolute atomic E-state index is 9.09. The Kier molecular flexibility index (Phi) is 3.74. The highest BCUT2D eigenvalue weighted by atomic mass is 16.5. The molecule has 1 aliphatic heterocycles.